The van der Waals surface area contributed by atoms with Crippen LogP contribution in [0, 0.1) is 0 Å². The number of urea groups is 1. The van der Waals surface area contributed by atoms with Crippen molar-refractivity contribution in [2.45, 2.75) is 32.0 Å². The smallest absolute Gasteiger partial charge is 0.319 e. The Morgan fingerprint density at radius 3 is 2.76 bits per heavy atom. The van der Waals surface area contributed by atoms with Crippen molar-refractivity contribution in [3.63, 3.8) is 0 Å². The molecule has 1 atom stereocenters. The van der Waals surface area contributed by atoms with Gasteiger partial charge in [-0.1, -0.05) is 30.3 Å². The van der Waals surface area contributed by atoms with Gasteiger partial charge in [0, 0.05) is 19.7 Å². The van der Waals surface area contributed by atoms with Crippen LogP contribution in [-0.2, 0) is 16.8 Å². The number of nitrogens with zero attached hydrogens (tertiary/aromatic N) is 2. The van der Waals surface area contributed by atoms with Crippen LogP contribution in [0.25, 0.3) is 0 Å². The van der Waals surface area contributed by atoms with Crippen LogP contribution in [-0.4, -0.2) is 41.9 Å². The number of aromatic nitrogens is 2. The Bertz CT molecular complexity index is 741. The van der Waals surface area contributed by atoms with Crippen LogP contribution >= 0.6 is 0 Å². The second-order valence-corrected chi connectivity index (χ2v) is 6.69. The van der Waals surface area contributed by atoms with E-state index in [0.717, 1.165) is 22.6 Å². The maximum Gasteiger partial charge on any atom is 0.319 e. The average Bonchev–Trinajstić information content (AvgIpc) is 3.13. The predicted molar refractivity (Wildman–Crippen MR) is 96.3 cm³/mol. The summed E-state index contributed by atoms with van der Waals surface area (Å²) in [6.45, 7) is 4.96. The molecule has 1 aliphatic rings. The summed E-state index contributed by atoms with van der Waals surface area (Å²) in [4.78, 5) is 14.8. The molecule has 0 saturated heterocycles. The minimum atomic E-state index is -0.462. The number of methoxy groups -OCH3 is 1. The maximum absolute atomic E-state index is 13.0. The van der Waals surface area contributed by atoms with Gasteiger partial charge in [0.25, 0.3) is 0 Å². The van der Waals surface area contributed by atoms with E-state index in [1.165, 1.54) is 0 Å². The molecule has 1 aromatic heterocycles. The highest BCUT2D eigenvalue weighted by Gasteiger charge is 2.44. The predicted octanol–water partition coefficient (Wildman–Crippen LogP) is 2.60. The third-order valence-corrected chi connectivity index (χ3v) is 4.78. The third kappa shape index (κ3) is 3.07. The molecule has 0 bridgehead atoms. The minimum Gasteiger partial charge on any atom is -0.382 e. The highest BCUT2D eigenvalue weighted by atomic mass is 16.5. The number of nitrogens with one attached hydrogen (secondary N) is 3. The van der Waals surface area contributed by atoms with Gasteiger partial charge in [-0.2, -0.15) is 5.10 Å². The molecule has 3 N–H and O–H groups in total. The second kappa shape index (κ2) is 6.76. The van der Waals surface area contributed by atoms with Crippen LogP contribution < -0.4 is 10.6 Å². The lowest BCUT2D eigenvalue weighted by atomic mass is 10.0. The zero-order valence-electron chi connectivity index (χ0n) is 15.1. The van der Waals surface area contributed by atoms with E-state index >= 15 is 0 Å². The first kappa shape index (κ1) is 17.3. The monoisotopic (exact) mass is 343 g/mol. The lowest BCUT2D eigenvalue weighted by Gasteiger charge is -2.33. The lowest BCUT2D eigenvalue weighted by Crippen LogP contribution is -2.48. The summed E-state index contributed by atoms with van der Waals surface area (Å²) in [5.74, 6) is 0.787. The van der Waals surface area contributed by atoms with Crippen LogP contribution in [0.4, 0.5) is 10.6 Å². The van der Waals surface area contributed by atoms with Gasteiger partial charge in [0.1, 0.15) is 0 Å². The van der Waals surface area contributed by atoms with Crippen molar-refractivity contribution < 1.29 is 9.53 Å². The van der Waals surface area contributed by atoms with Gasteiger partial charge >= 0.3 is 6.03 Å². The fourth-order valence-corrected chi connectivity index (χ4v) is 3.35. The Balaban J connectivity index is 1.80. The van der Waals surface area contributed by atoms with Gasteiger partial charge in [-0.25, -0.2) is 4.79 Å². The Labute approximate surface area is 147 Å². The SMILES string of the molecule is CNc1n[nH]c2c1CN(C(=O)NC(COC)c1ccccc1)C2(C)C. The summed E-state index contributed by atoms with van der Waals surface area (Å²) in [6, 6.07) is 9.53. The normalized spacial score (nSPS) is 16.4. The van der Waals surface area contributed by atoms with Gasteiger partial charge in [0.2, 0.25) is 0 Å². The number of H-pyrrole nitrogens is 1. The van der Waals surface area contributed by atoms with Crippen molar-refractivity contribution in [3.8, 4) is 0 Å². The molecule has 1 aromatic carbocycles. The molecule has 7 nitrogen and oxygen atoms in total. The number of carbonyl (C=O) groups is 1. The fourth-order valence-electron chi connectivity index (χ4n) is 3.35. The van der Waals surface area contributed by atoms with Crippen molar-refractivity contribution >= 4 is 11.8 Å². The van der Waals surface area contributed by atoms with E-state index < -0.39 is 5.54 Å². The molecule has 3 rings (SSSR count). The van der Waals surface area contributed by atoms with E-state index in [1.54, 1.807) is 7.11 Å². The molecule has 0 radical (unpaired) electrons. The molecule has 7 heteroatoms. The Morgan fingerprint density at radius 1 is 1.40 bits per heavy atom. The number of amides is 2. The van der Waals surface area contributed by atoms with E-state index in [4.69, 9.17) is 4.74 Å². The standard InChI is InChI=1S/C18H25N5O2/c1-18(2)15-13(16(19-3)22-21-15)10-23(18)17(24)20-14(11-25-4)12-8-6-5-7-9-12/h5-9,14H,10-11H2,1-4H3,(H,20,24)(H2,19,21,22). The van der Waals surface area contributed by atoms with E-state index in [1.807, 2.05) is 56.1 Å². The van der Waals surface area contributed by atoms with Gasteiger partial charge in [-0.3, -0.25) is 5.10 Å². The van der Waals surface area contributed by atoms with Gasteiger partial charge in [0.05, 0.1) is 30.4 Å². The van der Waals surface area contributed by atoms with E-state index in [2.05, 4.69) is 20.8 Å². The molecular formula is C18H25N5O2. The summed E-state index contributed by atoms with van der Waals surface area (Å²) in [7, 11) is 3.47. The number of hydrogen-bond acceptors (Lipinski definition) is 4. The highest BCUT2D eigenvalue weighted by Crippen LogP contribution is 2.40. The summed E-state index contributed by atoms with van der Waals surface area (Å²) in [5.41, 5.74) is 2.56. The molecular weight excluding hydrogens is 318 g/mol. The molecule has 0 fully saturated rings. The first-order valence-corrected chi connectivity index (χ1v) is 8.36. The minimum absolute atomic E-state index is 0.123. The van der Waals surface area contributed by atoms with Crippen LogP contribution in [0.3, 0.4) is 0 Å². The van der Waals surface area contributed by atoms with Gasteiger partial charge < -0.3 is 20.3 Å². The van der Waals surface area contributed by atoms with Crippen molar-refractivity contribution in [2.75, 3.05) is 26.1 Å². The van der Waals surface area contributed by atoms with Crippen molar-refractivity contribution in [3.05, 3.63) is 47.2 Å². The quantitative estimate of drug-likeness (QED) is 0.779. The second-order valence-electron chi connectivity index (χ2n) is 6.69. The molecule has 2 aromatic rings. The molecule has 0 spiro atoms. The van der Waals surface area contributed by atoms with Crippen molar-refractivity contribution in [2.24, 2.45) is 0 Å². The topological polar surface area (TPSA) is 82.3 Å². The molecule has 0 saturated carbocycles. The molecule has 2 heterocycles. The molecule has 0 aliphatic carbocycles. The number of ether oxygens (including phenoxy) is 1. The molecule has 1 unspecified atom stereocenters. The van der Waals surface area contributed by atoms with E-state index in [9.17, 15) is 4.79 Å². The first-order valence-electron chi connectivity index (χ1n) is 8.36. The number of hydrogen-bond donors (Lipinski definition) is 3. The number of anilines is 1. The Kier molecular flexibility index (Phi) is 4.67. The zero-order valence-corrected chi connectivity index (χ0v) is 15.1. The lowest BCUT2D eigenvalue weighted by molar-refractivity contribution is 0.126. The van der Waals surface area contributed by atoms with Gasteiger partial charge in [-0.15, -0.1) is 0 Å². The number of rotatable bonds is 5. The van der Waals surface area contributed by atoms with Crippen molar-refractivity contribution in [1.29, 1.82) is 0 Å². The molecule has 134 valence electrons. The number of fused-ring (bicyclic) bond motifs is 1. The van der Waals surface area contributed by atoms with Crippen LogP contribution in [0.1, 0.15) is 36.7 Å². The zero-order chi connectivity index (χ0) is 18.0. The maximum atomic E-state index is 13.0. The largest absolute Gasteiger partial charge is 0.382 e. The molecule has 1 aliphatic heterocycles. The first-order chi connectivity index (χ1) is 12.0. The average molecular weight is 343 g/mol. The molecule has 2 amide bonds. The third-order valence-electron chi connectivity index (χ3n) is 4.78. The summed E-state index contributed by atoms with van der Waals surface area (Å²) >= 11 is 0. The van der Waals surface area contributed by atoms with E-state index in [0.29, 0.717) is 13.2 Å². The summed E-state index contributed by atoms with van der Waals surface area (Å²) < 4.78 is 5.30. The van der Waals surface area contributed by atoms with E-state index in [-0.39, 0.29) is 12.1 Å². The Hall–Kier alpha value is -2.54. The van der Waals surface area contributed by atoms with Crippen LogP contribution in [0.5, 0.6) is 0 Å². The Morgan fingerprint density at radius 2 is 2.12 bits per heavy atom. The fraction of sp³-hybridized carbons (Fsp3) is 0.444. The highest BCUT2D eigenvalue weighted by molar-refractivity contribution is 5.77. The van der Waals surface area contributed by atoms with Gasteiger partial charge in [0.15, 0.2) is 5.82 Å². The summed E-state index contributed by atoms with van der Waals surface area (Å²) in [5, 5.41) is 13.5. The number of aromatic amines is 1. The van der Waals surface area contributed by atoms with Crippen molar-refractivity contribution in [1.82, 2.24) is 20.4 Å². The van der Waals surface area contributed by atoms with Crippen LogP contribution in [0.2, 0.25) is 0 Å². The summed E-state index contributed by atoms with van der Waals surface area (Å²) in [6.07, 6.45) is 0. The number of carbonyl (C=O) groups excluding carboxylic acids is 1. The number of benzene rings is 1. The van der Waals surface area contributed by atoms with Crippen LogP contribution in [0.15, 0.2) is 30.3 Å². The molecule has 25 heavy (non-hydrogen) atoms. The van der Waals surface area contributed by atoms with Gasteiger partial charge in [-0.05, 0) is 19.4 Å².